The second-order valence-electron chi connectivity index (χ2n) is 4.14. The van der Waals surface area contributed by atoms with Crippen molar-refractivity contribution < 1.29 is 9.53 Å². The van der Waals surface area contributed by atoms with E-state index in [4.69, 9.17) is 39.5 Å². The first-order valence-corrected chi connectivity index (χ1v) is 6.02. The SMILES string of the molecule is O=C(OCC1CC2C=CC1C2)C(Cl)(Cl)Cl. The average Bonchev–Trinajstić information content (AvgIpc) is 2.73. The molecule has 0 aromatic rings. The third-order valence-electron chi connectivity index (χ3n) is 3.08. The van der Waals surface area contributed by atoms with E-state index in [0.29, 0.717) is 24.4 Å². The number of halogens is 3. The van der Waals surface area contributed by atoms with Gasteiger partial charge in [-0.25, -0.2) is 4.79 Å². The Kier molecular flexibility index (Phi) is 3.20. The summed E-state index contributed by atoms with van der Waals surface area (Å²) in [6, 6.07) is 0. The largest absolute Gasteiger partial charge is 0.462 e. The molecule has 2 nitrogen and oxygen atoms in total. The summed E-state index contributed by atoms with van der Waals surface area (Å²) in [5.74, 6) is 0.820. The van der Waals surface area contributed by atoms with Crippen molar-refractivity contribution in [2.75, 3.05) is 6.61 Å². The van der Waals surface area contributed by atoms with Gasteiger partial charge in [0.05, 0.1) is 6.61 Å². The fraction of sp³-hybridized carbons (Fsp3) is 0.700. The van der Waals surface area contributed by atoms with Crippen molar-refractivity contribution in [3.63, 3.8) is 0 Å². The number of carbonyl (C=O) groups is 1. The summed E-state index contributed by atoms with van der Waals surface area (Å²) in [6.07, 6.45) is 6.68. The summed E-state index contributed by atoms with van der Waals surface area (Å²) in [7, 11) is 0. The van der Waals surface area contributed by atoms with Gasteiger partial charge >= 0.3 is 5.97 Å². The molecule has 3 unspecified atom stereocenters. The number of carbonyl (C=O) groups excluding carboxylic acids is 1. The monoisotopic (exact) mass is 268 g/mol. The van der Waals surface area contributed by atoms with E-state index in [9.17, 15) is 4.79 Å². The Morgan fingerprint density at radius 3 is 2.53 bits per heavy atom. The first kappa shape index (κ1) is 11.6. The number of fused-ring (bicyclic) bond motifs is 2. The Hall–Kier alpha value is 0.0800. The minimum absolute atomic E-state index is 0.359. The molecule has 2 rings (SSSR count). The molecule has 0 radical (unpaired) electrons. The summed E-state index contributed by atoms with van der Waals surface area (Å²) in [5.41, 5.74) is 0. The van der Waals surface area contributed by atoms with Gasteiger partial charge in [0, 0.05) is 0 Å². The van der Waals surface area contributed by atoms with E-state index in [2.05, 4.69) is 12.2 Å². The standard InChI is InChI=1S/C10H11Cl3O2/c11-10(12,13)9(14)15-5-8-4-6-1-2-7(8)3-6/h1-2,6-8H,3-5H2. The number of allylic oxidation sites excluding steroid dienone is 2. The minimum atomic E-state index is -1.95. The van der Waals surface area contributed by atoms with Crippen LogP contribution >= 0.6 is 34.8 Å². The topological polar surface area (TPSA) is 26.3 Å². The summed E-state index contributed by atoms with van der Waals surface area (Å²) in [6.45, 7) is 0.359. The lowest BCUT2D eigenvalue weighted by molar-refractivity contribution is -0.144. The van der Waals surface area contributed by atoms with Crippen LogP contribution in [0, 0.1) is 17.8 Å². The molecule has 1 fully saturated rings. The number of rotatable bonds is 2. The number of ether oxygens (including phenoxy) is 1. The second-order valence-corrected chi connectivity index (χ2v) is 6.42. The lowest BCUT2D eigenvalue weighted by Crippen LogP contribution is -2.26. The highest BCUT2D eigenvalue weighted by atomic mass is 35.6. The molecule has 0 aromatic heterocycles. The molecule has 3 atom stereocenters. The van der Waals surface area contributed by atoms with Crippen LogP contribution in [0.15, 0.2) is 12.2 Å². The van der Waals surface area contributed by atoms with Gasteiger partial charge in [-0.2, -0.15) is 0 Å². The zero-order valence-corrected chi connectivity index (χ0v) is 10.2. The Balaban J connectivity index is 1.80. The van der Waals surface area contributed by atoms with Crippen molar-refractivity contribution in [2.45, 2.75) is 16.6 Å². The van der Waals surface area contributed by atoms with Crippen LogP contribution in [-0.4, -0.2) is 16.4 Å². The number of hydrogen-bond acceptors (Lipinski definition) is 2. The zero-order valence-electron chi connectivity index (χ0n) is 7.96. The van der Waals surface area contributed by atoms with E-state index in [0.717, 1.165) is 6.42 Å². The minimum Gasteiger partial charge on any atom is -0.462 e. The maximum Gasteiger partial charge on any atom is 0.358 e. The molecule has 5 heteroatoms. The fourth-order valence-corrected chi connectivity index (χ4v) is 2.51. The van der Waals surface area contributed by atoms with Crippen molar-refractivity contribution in [3.8, 4) is 0 Å². The number of alkyl halides is 3. The van der Waals surface area contributed by atoms with Crippen LogP contribution in [0.2, 0.25) is 0 Å². The van der Waals surface area contributed by atoms with Gasteiger partial charge in [-0.1, -0.05) is 47.0 Å². The molecule has 15 heavy (non-hydrogen) atoms. The Bertz CT molecular complexity index is 296. The first-order chi connectivity index (χ1) is 6.97. The molecule has 0 aliphatic heterocycles. The molecule has 0 saturated heterocycles. The fourth-order valence-electron chi connectivity index (χ4n) is 2.35. The van der Waals surface area contributed by atoms with Gasteiger partial charge in [0.25, 0.3) is 3.79 Å². The van der Waals surface area contributed by atoms with Crippen LogP contribution in [0.25, 0.3) is 0 Å². The van der Waals surface area contributed by atoms with Gasteiger partial charge < -0.3 is 4.74 Å². The molecule has 84 valence electrons. The molecule has 0 spiro atoms. The average molecular weight is 270 g/mol. The lowest BCUT2D eigenvalue weighted by atomic mass is 9.95. The third kappa shape index (κ3) is 2.61. The third-order valence-corrected chi connectivity index (χ3v) is 3.54. The number of hydrogen-bond donors (Lipinski definition) is 0. The predicted octanol–water partition coefficient (Wildman–Crippen LogP) is 3.11. The second kappa shape index (κ2) is 4.15. The van der Waals surface area contributed by atoms with E-state index < -0.39 is 9.76 Å². The Morgan fingerprint density at radius 1 is 1.33 bits per heavy atom. The Labute approximate surface area is 104 Å². The van der Waals surface area contributed by atoms with Crippen molar-refractivity contribution in [1.82, 2.24) is 0 Å². The van der Waals surface area contributed by atoms with Crippen molar-refractivity contribution in [3.05, 3.63) is 12.2 Å². The van der Waals surface area contributed by atoms with E-state index in [1.54, 1.807) is 0 Å². The highest BCUT2D eigenvalue weighted by molar-refractivity contribution is 6.75. The molecule has 2 bridgehead atoms. The van der Waals surface area contributed by atoms with E-state index in [1.165, 1.54) is 6.42 Å². The van der Waals surface area contributed by atoms with Crippen LogP contribution in [0.4, 0.5) is 0 Å². The Morgan fingerprint density at radius 2 is 2.07 bits per heavy atom. The highest BCUT2D eigenvalue weighted by Crippen LogP contribution is 2.43. The molecule has 2 aliphatic carbocycles. The summed E-state index contributed by atoms with van der Waals surface area (Å²) in [5, 5.41) is 0. The number of esters is 1. The summed E-state index contributed by atoms with van der Waals surface area (Å²) in [4.78, 5) is 11.2. The highest BCUT2D eigenvalue weighted by Gasteiger charge is 2.38. The quantitative estimate of drug-likeness (QED) is 0.437. The van der Waals surface area contributed by atoms with Crippen LogP contribution < -0.4 is 0 Å². The van der Waals surface area contributed by atoms with Crippen LogP contribution in [-0.2, 0) is 9.53 Å². The maximum atomic E-state index is 11.2. The molecule has 0 N–H and O–H groups in total. The molecular weight excluding hydrogens is 258 g/mol. The van der Waals surface area contributed by atoms with Crippen molar-refractivity contribution in [1.29, 1.82) is 0 Å². The first-order valence-electron chi connectivity index (χ1n) is 4.89. The molecule has 2 aliphatic rings. The zero-order chi connectivity index (χ0) is 11.1. The lowest BCUT2D eigenvalue weighted by Gasteiger charge is -2.19. The van der Waals surface area contributed by atoms with Crippen LogP contribution in [0.5, 0.6) is 0 Å². The predicted molar refractivity (Wildman–Crippen MR) is 60.1 cm³/mol. The molecular formula is C10H11Cl3O2. The van der Waals surface area contributed by atoms with Crippen LogP contribution in [0.1, 0.15) is 12.8 Å². The maximum absolute atomic E-state index is 11.2. The van der Waals surface area contributed by atoms with Gasteiger partial charge in [0.2, 0.25) is 0 Å². The van der Waals surface area contributed by atoms with Crippen molar-refractivity contribution >= 4 is 40.8 Å². The smallest absolute Gasteiger partial charge is 0.358 e. The molecule has 0 aromatic carbocycles. The van der Waals surface area contributed by atoms with E-state index in [1.807, 2.05) is 0 Å². The molecule has 0 heterocycles. The molecule has 0 amide bonds. The summed E-state index contributed by atoms with van der Waals surface area (Å²) < 4.78 is 3.02. The van der Waals surface area contributed by atoms with Gasteiger partial charge in [0.1, 0.15) is 0 Å². The van der Waals surface area contributed by atoms with Gasteiger partial charge in [-0.05, 0) is 30.6 Å². The van der Waals surface area contributed by atoms with E-state index >= 15 is 0 Å². The van der Waals surface area contributed by atoms with Gasteiger partial charge in [0.15, 0.2) is 0 Å². The van der Waals surface area contributed by atoms with Crippen LogP contribution in [0.3, 0.4) is 0 Å². The van der Waals surface area contributed by atoms with Gasteiger partial charge in [-0.15, -0.1) is 0 Å². The normalized spacial score (nSPS) is 33.4. The molecule has 1 saturated carbocycles. The van der Waals surface area contributed by atoms with Gasteiger partial charge in [-0.3, -0.25) is 0 Å². The van der Waals surface area contributed by atoms with Crippen molar-refractivity contribution in [2.24, 2.45) is 17.8 Å². The van der Waals surface area contributed by atoms with E-state index in [-0.39, 0.29) is 0 Å². The summed E-state index contributed by atoms with van der Waals surface area (Å²) >= 11 is 16.2.